The zero-order valence-electron chi connectivity index (χ0n) is 12.4. The average Bonchev–Trinajstić information content (AvgIpc) is 2.29. The highest BCUT2D eigenvalue weighted by Crippen LogP contribution is 2.28. The third-order valence-electron chi connectivity index (χ3n) is 4.17. The van der Waals surface area contributed by atoms with Gasteiger partial charge in [-0.05, 0) is 43.4 Å². The molecular weight excluding hydrogens is 224 g/mol. The third kappa shape index (κ3) is 4.60. The minimum Gasteiger partial charge on any atom is -0.353 e. The molecule has 1 aliphatic carbocycles. The van der Waals surface area contributed by atoms with Crippen LogP contribution in [0, 0.1) is 23.7 Å². The van der Waals surface area contributed by atoms with Crippen molar-refractivity contribution < 1.29 is 4.79 Å². The number of amides is 1. The first-order valence-corrected chi connectivity index (χ1v) is 7.44. The first-order valence-electron chi connectivity index (χ1n) is 7.44. The Kier molecular flexibility index (Phi) is 6.13. The number of hydrogen-bond acceptors (Lipinski definition) is 2. The van der Waals surface area contributed by atoms with Gasteiger partial charge in [-0.25, -0.2) is 0 Å². The van der Waals surface area contributed by atoms with Crippen molar-refractivity contribution in [2.45, 2.75) is 59.4 Å². The van der Waals surface area contributed by atoms with Gasteiger partial charge in [0.25, 0.3) is 0 Å². The molecule has 4 unspecified atom stereocenters. The van der Waals surface area contributed by atoms with Crippen LogP contribution in [0.4, 0.5) is 0 Å². The summed E-state index contributed by atoms with van der Waals surface area (Å²) in [6.45, 7) is 9.29. The molecule has 0 aliphatic heterocycles. The topological polar surface area (TPSA) is 55.1 Å². The van der Waals surface area contributed by atoms with Crippen molar-refractivity contribution >= 4 is 5.91 Å². The predicted molar refractivity (Wildman–Crippen MR) is 76.1 cm³/mol. The van der Waals surface area contributed by atoms with E-state index in [1.807, 2.05) is 0 Å². The summed E-state index contributed by atoms with van der Waals surface area (Å²) in [5.41, 5.74) is 5.72. The second-order valence-electron chi connectivity index (χ2n) is 6.57. The van der Waals surface area contributed by atoms with Crippen molar-refractivity contribution in [3.05, 3.63) is 0 Å². The first kappa shape index (κ1) is 15.5. The molecule has 18 heavy (non-hydrogen) atoms. The summed E-state index contributed by atoms with van der Waals surface area (Å²) in [7, 11) is 0. The molecule has 3 N–H and O–H groups in total. The normalized spacial score (nSPS) is 30.2. The Morgan fingerprint density at radius 1 is 1.33 bits per heavy atom. The van der Waals surface area contributed by atoms with Gasteiger partial charge >= 0.3 is 0 Å². The maximum Gasteiger partial charge on any atom is 0.224 e. The van der Waals surface area contributed by atoms with Crippen LogP contribution in [0.3, 0.4) is 0 Å². The van der Waals surface area contributed by atoms with E-state index in [1.54, 1.807) is 0 Å². The molecule has 1 saturated carbocycles. The number of carbonyl (C=O) groups is 1. The van der Waals surface area contributed by atoms with Gasteiger partial charge in [0.2, 0.25) is 5.91 Å². The van der Waals surface area contributed by atoms with Crippen molar-refractivity contribution in [3.63, 3.8) is 0 Å². The molecule has 0 spiro atoms. The third-order valence-corrected chi connectivity index (χ3v) is 4.17. The van der Waals surface area contributed by atoms with Gasteiger partial charge in [-0.1, -0.05) is 27.7 Å². The lowest BCUT2D eigenvalue weighted by Gasteiger charge is -2.34. The van der Waals surface area contributed by atoms with E-state index in [4.69, 9.17) is 5.73 Å². The summed E-state index contributed by atoms with van der Waals surface area (Å²) in [5, 5.41) is 3.23. The first-order chi connectivity index (χ1) is 8.43. The van der Waals surface area contributed by atoms with E-state index in [0.29, 0.717) is 24.4 Å². The minimum absolute atomic E-state index is 0.0171. The Morgan fingerprint density at radius 3 is 2.50 bits per heavy atom. The van der Waals surface area contributed by atoms with Gasteiger partial charge in [0.05, 0.1) is 5.92 Å². The minimum atomic E-state index is -0.0171. The molecule has 0 bridgehead atoms. The summed E-state index contributed by atoms with van der Waals surface area (Å²) in [4.78, 5) is 12.2. The number of carbonyl (C=O) groups excluding carboxylic acids is 1. The summed E-state index contributed by atoms with van der Waals surface area (Å²) < 4.78 is 0. The highest BCUT2D eigenvalue weighted by molar-refractivity contribution is 5.79. The fourth-order valence-corrected chi connectivity index (χ4v) is 3.06. The van der Waals surface area contributed by atoms with E-state index in [2.05, 4.69) is 33.0 Å². The van der Waals surface area contributed by atoms with E-state index < -0.39 is 0 Å². The summed E-state index contributed by atoms with van der Waals surface area (Å²) in [5.74, 6) is 2.06. The Bertz CT molecular complexity index is 265. The molecule has 1 amide bonds. The number of rotatable bonds is 5. The van der Waals surface area contributed by atoms with E-state index in [-0.39, 0.29) is 11.8 Å². The van der Waals surface area contributed by atoms with Crippen molar-refractivity contribution in [2.75, 3.05) is 6.54 Å². The second-order valence-corrected chi connectivity index (χ2v) is 6.57. The van der Waals surface area contributed by atoms with Crippen LogP contribution in [0.1, 0.15) is 53.4 Å². The summed E-state index contributed by atoms with van der Waals surface area (Å²) in [6, 6.07) is 0.356. The van der Waals surface area contributed by atoms with Gasteiger partial charge in [-0.2, -0.15) is 0 Å². The molecule has 0 aromatic carbocycles. The molecule has 3 nitrogen and oxygen atoms in total. The molecule has 3 heteroatoms. The van der Waals surface area contributed by atoms with Crippen LogP contribution in [-0.4, -0.2) is 18.5 Å². The largest absolute Gasteiger partial charge is 0.353 e. The van der Waals surface area contributed by atoms with Crippen LogP contribution in [0.25, 0.3) is 0 Å². The molecule has 0 aromatic rings. The smallest absolute Gasteiger partial charge is 0.224 e. The summed E-state index contributed by atoms with van der Waals surface area (Å²) in [6.07, 6.45) is 4.46. The van der Waals surface area contributed by atoms with Gasteiger partial charge in [0.15, 0.2) is 0 Å². The molecule has 0 aromatic heterocycles. The Labute approximate surface area is 112 Å². The van der Waals surface area contributed by atoms with Crippen LogP contribution in [-0.2, 0) is 4.79 Å². The monoisotopic (exact) mass is 254 g/mol. The molecule has 1 aliphatic rings. The van der Waals surface area contributed by atoms with Crippen molar-refractivity contribution in [1.82, 2.24) is 5.32 Å². The van der Waals surface area contributed by atoms with E-state index in [1.165, 1.54) is 12.8 Å². The van der Waals surface area contributed by atoms with Crippen LogP contribution in [0.2, 0.25) is 0 Å². The van der Waals surface area contributed by atoms with Crippen molar-refractivity contribution in [3.8, 4) is 0 Å². The molecule has 4 atom stereocenters. The van der Waals surface area contributed by atoms with Gasteiger partial charge in [-0.3, -0.25) is 4.79 Å². The number of hydrogen-bond donors (Lipinski definition) is 2. The molecule has 1 fully saturated rings. The van der Waals surface area contributed by atoms with Crippen LogP contribution in [0.5, 0.6) is 0 Å². The van der Waals surface area contributed by atoms with Crippen LogP contribution >= 0.6 is 0 Å². The van der Waals surface area contributed by atoms with E-state index in [0.717, 1.165) is 18.8 Å². The van der Waals surface area contributed by atoms with E-state index >= 15 is 0 Å². The SMILES string of the molecule is CC(C)CC(CN)C(=O)NC1CCC(C)CC1C. The molecule has 1 rings (SSSR count). The molecule has 0 heterocycles. The fraction of sp³-hybridized carbons (Fsp3) is 0.933. The lowest BCUT2D eigenvalue weighted by atomic mass is 9.79. The highest BCUT2D eigenvalue weighted by atomic mass is 16.1. The predicted octanol–water partition coefficient (Wildman–Crippen LogP) is 2.55. The highest BCUT2D eigenvalue weighted by Gasteiger charge is 2.28. The van der Waals surface area contributed by atoms with Crippen molar-refractivity contribution in [2.24, 2.45) is 29.4 Å². The standard InChI is InChI=1S/C15H30N2O/c1-10(2)7-13(9-16)15(18)17-14-6-5-11(3)8-12(14)4/h10-14H,5-9,16H2,1-4H3,(H,17,18). The van der Waals surface area contributed by atoms with Gasteiger partial charge in [0, 0.05) is 12.6 Å². The lowest BCUT2D eigenvalue weighted by Crippen LogP contribution is -2.46. The summed E-state index contributed by atoms with van der Waals surface area (Å²) >= 11 is 0. The molecule has 0 radical (unpaired) electrons. The zero-order valence-corrected chi connectivity index (χ0v) is 12.4. The van der Waals surface area contributed by atoms with Crippen LogP contribution in [0.15, 0.2) is 0 Å². The van der Waals surface area contributed by atoms with Crippen LogP contribution < -0.4 is 11.1 Å². The van der Waals surface area contributed by atoms with E-state index in [9.17, 15) is 4.79 Å². The Balaban J connectivity index is 2.47. The molecular formula is C15H30N2O. The number of nitrogens with two attached hydrogens (primary N) is 1. The van der Waals surface area contributed by atoms with Gasteiger partial charge < -0.3 is 11.1 Å². The Morgan fingerprint density at radius 2 is 2.00 bits per heavy atom. The quantitative estimate of drug-likeness (QED) is 0.792. The zero-order chi connectivity index (χ0) is 13.7. The maximum absolute atomic E-state index is 12.2. The van der Waals surface area contributed by atoms with Gasteiger partial charge in [0.1, 0.15) is 0 Å². The Hall–Kier alpha value is -0.570. The molecule has 0 saturated heterocycles. The molecule has 106 valence electrons. The van der Waals surface area contributed by atoms with Gasteiger partial charge in [-0.15, -0.1) is 0 Å². The second kappa shape index (κ2) is 7.13. The lowest BCUT2D eigenvalue weighted by molar-refractivity contribution is -0.126. The number of nitrogens with one attached hydrogen (secondary N) is 1. The fourth-order valence-electron chi connectivity index (χ4n) is 3.06. The van der Waals surface area contributed by atoms with Crippen molar-refractivity contribution in [1.29, 1.82) is 0 Å². The average molecular weight is 254 g/mol. The maximum atomic E-state index is 12.2.